The summed E-state index contributed by atoms with van der Waals surface area (Å²) in [6.07, 6.45) is -3.22. The van der Waals surface area contributed by atoms with Crippen LogP contribution in [0.2, 0.25) is 0 Å². The molecule has 0 aliphatic carbocycles. The Morgan fingerprint density at radius 3 is 2.55 bits per heavy atom. The molecule has 0 radical (unpaired) electrons. The summed E-state index contributed by atoms with van der Waals surface area (Å²) in [5.74, 6) is -1.19. The van der Waals surface area contributed by atoms with Crippen LogP contribution in [-0.4, -0.2) is 24.2 Å². The molecule has 2 aromatic rings. The third kappa shape index (κ3) is 3.30. The highest BCUT2D eigenvalue weighted by Crippen LogP contribution is 2.34. The Kier molecular flexibility index (Phi) is 4.46. The molecule has 2 aromatic carbocycles. The maximum absolute atomic E-state index is 12.9. The monoisotopic (exact) mass is 371 g/mol. The van der Waals surface area contributed by atoms with Crippen molar-refractivity contribution >= 4 is 26.7 Å². The van der Waals surface area contributed by atoms with Gasteiger partial charge in [-0.3, -0.25) is 4.90 Å². The molecular weight excluding hydrogens is 355 g/mol. The average Bonchev–Trinajstić information content (AvgIpc) is 2.50. The lowest BCUT2D eigenvalue weighted by molar-refractivity contribution is -0.187. The van der Waals surface area contributed by atoms with E-state index >= 15 is 0 Å². The summed E-state index contributed by atoms with van der Waals surface area (Å²) in [5.41, 5.74) is 1.08. The molecular formula is C17H17BrF3N. The van der Waals surface area contributed by atoms with Gasteiger partial charge in [-0.2, -0.15) is 13.2 Å². The van der Waals surface area contributed by atoms with Crippen molar-refractivity contribution in [2.75, 3.05) is 13.1 Å². The predicted octanol–water partition coefficient (Wildman–Crippen LogP) is 5.38. The van der Waals surface area contributed by atoms with Gasteiger partial charge < -0.3 is 0 Å². The van der Waals surface area contributed by atoms with Crippen molar-refractivity contribution in [3.05, 3.63) is 46.4 Å². The van der Waals surface area contributed by atoms with Crippen LogP contribution in [-0.2, 0) is 6.54 Å². The number of rotatable bonds is 2. The smallest absolute Gasteiger partial charge is 0.298 e. The molecule has 0 amide bonds. The van der Waals surface area contributed by atoms with E-state index in [9.17, 15) is 13.2 Å². The molecule has 1 aliphatic rings. The highest BCUT2D eigenvalue weighted by molar-refractivity contribution is 9.10. The summed E-state index contributed by atoms with van der Waals surface area (Å²) in [6.45, 7) is 1.41. The number of halogens is 4. The van der Waals surface area contributed by atoms with E-state index in [0.717, 1.165) is 27.4 Å². The molecule has 0 bridgehead atoms. The highest BCUT2D eigenvalue weighted by atomic mass is 79.9. The Balaban J connectivity index is 1.83. The Bertz CT molecular complexity index is 668. The van der Waals surface area contributed by atoms with Gasteiger partial charge in [-0.1, -0.05) is 46.3 Å². The lowest BCUT2D eigenvalue weighted by Gasteiger charge is -2.34. The van der Waals surface area contributed by atoms with Crippen LogP contribution in [0.4, 0.5) is 13.2 Å². The molecule has 1 saturated heterocycles. The van der Waals surface area contributed by atoms with E-state index in [2.05, 4.69) is 15.9 Å². The first kappa shape index (κ1) is 15.8. The topological polar surface area (TPSA) is 3.24 Å². The van der Waals surface area contributed by atoms with E-state index in [1.807, 2.05) is 41.3 Å². The second kappa shape index (κ2) is 6.20. The number of benzene rings is 2. The lowest BCUT2D eigenvalue weighted by Crippen LogP contribution is -2.41. The summed E-state index contributed by atoms with van der Waals surface area (Å²) < 4.78 is 39.8. The minimum absolute atomic E-state index is 0.105. The number of hydrogen-bond donors (Lipinski definition) is 0. The number of fused-ring (bicyclic) bond motifs is 1. The average molecular weight is 372 g/mol. The molecule has 3 rings (SSSR count). The second-order valence-corrected chi connectivity index (χ2v) is 6.72. The van der Waals surface area contributed by atoms with Gasteiger partial charge in [-0.15, -0.1) is 0 Å². The van der Waals surface area contributed by atoms with Crippen LogP contribution >= 0.6 is 15.9 Å². The van der Waals surface area contributed by atoms with Crippen molar-refractivity contribution < 1.29 is 13.2 Å². The number of hydrogen-bond acceptors (Lipinski definition) is 1. The molecule has 5 heteroatoms. The molecule has 1 aliphatic heterocycles. The SMILES string of the molecule is FC(F)(F)C1CCCN(Cc2ccc(Br)c3ccccc23)C1. The first-order valence-electron chi connectivity index (χ1n) is 7.40. The predicted molar refractivity (Wildman–Crippen MR) is 85.7 cm³/mol. The molecule has 0 N–H and O–H groups in total. The van der Waals surface area contributed by atoms with Crippen LogP contribution in [0.25, 0.3) is 10.8 Å². The standard InChI is InChI=1S/C17H17BrF3N/c18-16-8-7-12(14-5-1-2-6-15(14)16)10-22-9-3-4-13(11-22)17(19,20)21/h1-2,5-8,13H,3-4,9-11H2. The van der Waals surface area contributed by atoms with Crippen LogP contribution in [0, 0.1) is 5.92 Å². The van der Waals surface area contributed by atoms with Gasteiger partial charge in [0, 0.05) is 17.6 Å². The number of alkyl halides is 3. The third-order valence-electron chi connectivity index (χ3n) is 4.32. The molecule has 1 atom stereocenters. The Morgan fingerprint density at radius 2 is 1.82 bits per heavy atom. The first-order chi connectivity index (χ1) is 10.4. The summed E-state index contributed by atoms with van der Waals surface area (Å²) in [6, 6.07) is 12.0. The molecule has 1 unspecified atom stereocenters. The molecule has 0 spiro atoms. The molecule has 0 saturated carbocycles. The number of piperidine rings is 1. The van der Waals surface area contributed by atoms with Gasteiger partial charge in [-0.25, -0.2) is 0 Å². The summed E-state index contributed by atoms with van der Waals surface area (Å²) in [5, 5.41) is 2.20. The number of nitrogens with zero attached hydrogens (tertiary/aromatic N) is 1. The van der Waals surface area contributed by atoms with Gasteiger partial charge >= 0.3 is 6.18 Å². The van der Waals surface area contributed by atoms with Crippen molar-refractivity contribution in [3.8, 4) is 0 Å². The van der Waals surface area contributed by atoms with E-state index < -0.39 is 12.1 Å². The Morgan fingerprint density at radius 1 is 1.09 bits per heavy atom. The van der Waals surface area contributed by atoms with Crippen LogP contribution in [0.3, 0.4) is 0 Å². The zero-order chi connectivity index (χ0) is 15.7. The quantitative estimate of drug-likeness (QED) is 0.685. The molecule has 1 heterocycles. The van der Waals surface area contributed by atoms with Crippen LogP contribution in [0.5, 0.6) is 0 Å². The molecule has 22 heavy (non-hydrogen) atoms. The second-order valence-electron chi connectivity index (χ2n) is 5.87. The van der Waals surface area contributed by atoms with E-state index in [4.69, 9.17) is 0 Å². The van der Waals surface area contributed by atoms with Crippen LogP contribution in [0.1, 0.15) is 18.4 Å². The molecule has 118 valence electrons. The van der Waals surface area contributed by atoms with Gasteiger partial charge in [0.1, 0.15) is 0 Å². The Labute approximate surface area is 136 Å². The van der Waals surface area contributed by atoms with Crippen molar-refractivity contribution in [2.24, 2.45) is 5.92 Å². The largest absolute Gasteiger partial charge is 0.393 e. The van der Waals surface area contributed by atoms with Gasteiger partial charge in [0.05, 0.1) is 5.92 Å². The summed E-state index contributed by atoms with van der Waals surface area (Å²) in [4.78, 5) is 1.93. The van der Waals surface area contributed by atoms with E-state index in [0.29, 0.717) is 13.0 Å². The Hall–Kier alpha value is -1.07. The summed E-state index contributed by atoms with van der Waals surface area (Å²) in [7, 11) is 0. The third-order valence-corrected chi connectivity index (χ3v) is 5.02. The fraction of sp³-hybridized carbons (Fsp3) is 0.412. The molecule has 1 nitrogen and oxygen atoms in total. The minimum Gasteiger partial charge on any atom is -0.298 e. The molecule has 1 fully saturated rings. The van der Waals surface area contributed by atoms with Crippen LogP contribution in [0.15, 0.2) is 40.9 Å². The van der Waals surface area contributed by atoms with Gasteiger partial charge in [-0.05, 0) is 41.8 Å². The minimum atomic E-state index is -4.08. The van der Waals surface area contributed by atoms with E-state index in [-0.39, 0.29) is 13.0 Å². The van der Waals surface area contributed by atoms with Gasteiger partial charge in [0.25, 0.3) is 0 Å². The lowest BCUT2D eigenvalue weighted by atomic mass is 9.96. The fourth-order valence-corrected chi connectivity index (χ4v) is 3.65. The molecule has 0 aromatic heterocycles. The van der Waals surface area contributed by atoms with Crippen molar-refractivity contribution in [3.63, 3.8) is 0 Å². The van der Waals surface area contributed by atoms with Crippen molar-refractivity contribution in [2.45, 2.75) is 25.6 Å². The summed E-state index contributed by atoms with van der Waals surface area (Å²) >= 11 is 3.53. The van der Waals surface area contributed by atoms with Crippen molar-refractivity contribution in [1.29, 1.82) is 0 Å². The van der Waals surface area contributed by atoms with Crippen LogP contribution < -0.4 is 0 Å². The maximum Gasteiger partial charge on any atom is 0.393 e. The zero-order valence-corrected chi connectivity index (χ0v) is 13.6. The first-order valence-corrected chi connectivity index (χ1v) is 8.19. The van der Waals surface area contributed by atoms with E-state index in [1.54, 1.807) is 0 Å². The van der Waals surface area contributed by atoms with E-state index in [1.165, 1.54) is 0 Å². The fourth-order valence-electron chi connectivity index (χ4n) is 3.17. The maximum atomic E-state index is 12.9. The normalized spacial score (nSPS) is 20.5. The number of likely N-dealkylation sites (tertiary alicyclic amines) is 1. The van der Waals surface area contributed by atoms with Gasteiger partial charge in [0.15, 0.2) is 0 Å². The van der Waals surface area contributed by atoms with Crippen molar-refractivity contribution in [1.82, 2.24) is 4.90 Å². The highest BCUT2D eigenvalue weighted by Gasteiger charge is 2.41. The zero-order valence-electron chi connectivity index (χ0n) is 12.0. The van der Waals surface area contributed by atoms with Gasteiger partial charge in [0.2, 0.25) is 0 Å².